The second-order valence-electron chi connectivity index (χ2n) is 12.3. The number of benzene rings is 1. The lowest BCUT2D eigenvalue weighted by molar-refractivity contribution is -0.291. The van der Waals surface area contributed by atoms with Crippen LogP contribution in [0.5, 0.6) is 0 Å². The minimum Gasteiger partial charge on any atom is -0.458 e. The van der Waals surface area contributed by atoms with Gasteiger partial charge in [-0.3, -0.25) is 15.0 Å². The molecule has 1 saturated heterocycles. The highest BCUT2D eigenvalue weighted by molar-refractivity contribution is 5.87. The number of cyclic esters (lactones) is 1. The van der Waals surface area contributed by atoms with Crippen LogP contribution in [0.3, 0.4) is 0 Å². The molecule has 3 aliphatic rings. The van der Waals surface area contributed by atoms with Crippen molar-refractivity contribution in [2.45, 2.75) is 90.8 Å². The van der Waals surface area contributed by atoms with Gasteiger partial charge in [-0.05, 0) is 31.0 Å². The molecule has 0 radical (unpaired) electrons. The predicted octanol–water partition coefficient (Wildman–Crippen LogP) is 4.01. The highest BCUT2D eigenvalue weighted by Crippen LogP contribution is 2.41. The van der Waals surface area contributed by atoms with Crippen LogP contribution in [0, 0.1) is 11.3 Å². The van der Waals surface area contributed by atoms with E-state index >= 15 is 0 Å². The zero-order valence-electron chi connectivity index (χ0n) is 28.0. The highest BCUT2D eigenvalue weighted by Gasteiger charge is 2.51. The van der Waals surface area contributed by atoms with Gasteiger partial charge in [0.25, 0.3) is 0 Å². The quantitative estimate of drug-likeness (QED) is 0.153. The lowest BCUT2D eigenvalue weighted by atomic mass is 9.85. The molecule has 3 aliphatic heterocycles. The molecule has 3 aromatic rings. The number of carbonyl (C=O) groups excluding carboxylic acids is 4. The van der Waals surface area contributed by atoms with Crippen molar-refractivity contribution in [2.75, 3.05) is 13.2 Å². The van der Waals surface area contributed by atoms with Gasteiger partial charge in [0, 0.05) is 41.8 Å². The summed E-state index contributed by atoms with van der Waals surface area (Å²) >= 11 is 0. The van der Waals surface area contributed by atoms with Crippen molar-refractivity contribution in [3.63, 3.8) is 0 Å². The summed E-state index contributed by atoms with van der Waals surface area (Å²) < 4.78 is 41.2. The zero-order chi connectivity index (χ0) is 35.0. The standard InChI is InChI=1S/C35H39N3O11/c1-6-27-18(3)29(46-19(4)39)30(47-20(5)40)32(48-27)43-12-13-44-34(42)49-35(7-2)24-15-26-28-22(14-21-10-8-9-11-25(21)37-28)16-38(26)31(36)23(24)17-45-33(35)41/h8-11,14-15,18,27,29-30,32,36H,6-7,12-13,16-17H2,1-5H3/t18-,27-,29+,30-,32?,35+/m1/s1. The molecule has 6 rings (SSSR count). The van der Waals surface area contributed by atoms with Crippen molar-refractivity contribution in [1.29, 1.82) is 5.41 Å². The van der Waals surface area contributed by atoms with E-state index in [1.54, 1.807) is 17.6 Å². The fourth-order valence-electron chi connectivity index (χ4n) is 6.90. The van der Waals surface area contributed by atoms with Gasteiger partial charge in [0.05, 0.1) is 36.2 Å². The van der Waals surface area contributed by atoms with Crippen molar-refractivity contribution in [3.05, 3.63) is 58.6 Å². The average Bonchev–Trinajstić information content (AvgIpc) is 3.43. The Morgan fingerprint density at radius 2 is 1.80 bits per heavy atom. The van der Waals surface area contributed by atoms with Gasteiger partial charge in [-0.2, -0.15) is 0 Å². The number of ether oxygens (including phenoxy) is 7. The number of nitrogens with one attached hydrogen (secondary N) is 1. The van der Waals surface area contributed by atoms with Gasteiger partial charge in [-0.25, -0.2) is 14.6 Å². The predicted molar refractivity (Wildman–Crippen MR) is 169 cm³/mol. The van der Waals surface area contributed by atoms with E-state index in [4.69, 9.17) is 43.6 Å². The van der Waals surface area contributed by atoms with Crippen molar-refractivity contribution in [3.8, 4) is 11.4 Å². The van der Waals surface area contributed by atoms with E-state index in [-0.39, 0.29) is 43.8 Å². The zero-order valence-corrected chi connectivity index (χ0v) is 28.0. The fourth-order valence-corrected chi connectivity index (χ4v) is 6.90. The summed E-state index contributed by atoms with van der Waals surface area (Å²) in [6.45, 7) is 7.66. The van der Waals surface area contributed by atoms with E-state index in [0.717, 1.165) is 16.5 Å². The van der Waals surface area contributed by atoms with E-state index < -0.39 is 48.2 Å². The summed E-state index contributed by atoms with van der Waals surface area (Å²) in [4.78, 5) is 55.1. The van der Waals surface area contributed by atoms with E-state index in [9.17, 15) is 19.2 Å². The number of esters is 3. The van der Waals surface area contributed by atoms with Gasteiger partial charge in [-0.1, -0.05) is 39.0 Å². The number of rotatable bonds is 9. The first-order valence-electron chi connectivity index (χ1n) is 16.3. The first-order valence-corrected chi connectivity index (χ1v) is 16.3. The van der Waals surface area contributed by atoms with E-state index in [2.05, 4.69) is 0 Å². The molecule has 1 fully saturated rings. The van der Waals surface area contributed by atoms with Crippen molar-refractivity contribution in [1.82, 2.24) is 9.55 Å². The molecule has 0 bridgehead atoms. The summed E-state index contributed by atoms with van der Waals surface area (Å²) in [5.41, 5.74) is 2.07. The Bertz CT molecular complexity index is 1870. The van der Waals surface area contributed by atoms with Crippen molar-refractivity contribution < 1.29 is 52.3 Å². The van der Waals surface area contributed by atoms with Crippen LogP contribution in [0.1, 0.15) is 64.2 Å². The maximum Gasteiger partial charge on any atom is 0.509 e. The lowest BCUT2D eigenvalue weighted by Gasteiger charge is -2.43. The Balaban J connectivity index is 1.19. The molecule has 0 spiro atoms. The van der Waals surface area contributed by atoms with Crippen LogP contribution in [0.25, 0.3) is 22.3 Å². The highest BCUT2D eigenvalue weighted by atomic mass is 16.8. The van der Waals surface area contributed by atoms with Crippen molar-refractivity contribution >= 4 is 35.0 Å². The summed E-state index contributed by atoms with van der Waals surface area (Å²) in [5, 5.41) is 10.0. The maximum atomic E-state index is 13.4. The van der Waals surface area contributed by atoms with Crippen LogP contribution in [-0.2, 0) is 66.3 Å². The number of nitrogens with zero attached hydrogens (tertiary/aromatic N) is 2. The van der Waals surface area contributed by atoms with Crippen LogP contribution >= 0.6 is 0 Å². The van der Waals surface area contributed by atoms with Crippen LogP contribution < -0.4 is 5.49 Å². The Morgan fingerprint density at radius 1 is 1.06 bits per heavy atom. The largest absolute Gasteiger partial charge is 0.509 e. The first kappa shape index (κ1) is 34.1. The molecule has 14 nitrogen and oxygen atoms in total. The molecule has 49 heavy (non-hydrogen) atoms. The summed E-state index contributed by atoms with van der Waals surface area (Å²) in [6, 6.07) is 11.5. The van der Waals surface area contributed by atoms with Gasteiger partial charge >= 0.3 is 24.1 Å². The maximum absolute atomic E-state index is 13.4. The topological polar surface area (TPSA) is 175 Å². The smallest absolute Gasteiger partial charge is 0.458 e. The van der Waals surface area contributed by atoms with E-state index in [0.29, 0.717) is 35.5 Å². The molecule has 1 N–H and O–H groups in total. The fraction of sp³-hybridized carbons (Fsp3) is 0.486. The number of hydrogen-bond acceptors (Lipinski definition) is 13. The third-order valence-electron chi connectivity index (χ3n) is 9.29. The third kappa shape index (κ3) is 6.26. The van der Waals surface area contributed by atoms with Crippen molar-refractivity contribution in [2.24, 2.45) is 5.92 Å². The number of para-hydroxylation sites is 1. The molecular formula is C35H39N3O11. The Morgan fingerprint density at radius 3 is 2.51 bits per heavy atom. The number of hydrogen-bond donors (Lipinski definition) is 1. The number of fused-ring (bicyclic) bond motifs is 5. The molecule has 0 aliphatic carbocycles. The molecular weight excluding hydrogens is 638 g/mol. The SMILES string of the molecule is CC[C@H]1OC(OCCOC(=O)O[C@]2(CC)C(=O)OCc3c2cc2n(c3=N)Cc3cc4ccccc4nc3-2)[C@H](OC(C)=O)[C@@H](OC(C)=O)[C@@H]1C. The molecule has 2 aromatic heterocycles. The molecule has 6 atom stereocenters. The number of carbonyl (C=O) groups is 4. The Hall–Kier alpha value is -4.82. The van der Waals surface area contributed by atoms with E-state index in [1.807, 2.05) is 44.2 Å². The van der Waals surface area contributed by atoms with Gasteiger partial charge in [0.15, 0.2) is 12.4 Å². The second kappa shape index (κ2) is 13.6. The molecule has 1 aromatic carbocycles. The molecule has 0 saturated carbocycles. The van der Waals surface area contributed by atoms with Crippen LogP contribution in [-0.4, -0.2) is 71.4 Å². The van der Waals surface area contributed by atoms with Crippen LogP contribution in [0.2, 0.25) is 0 Å². The molecule has 260 valence electrons. The Kier molecular flexibility index (Phi) is 9.45. The normalized spacial score (nSPS) is 25.4. The Labute approximate surface area is 282 Å². The van der Waals surface area contributed by atoms with Crippen LogP contribution in [0.4, 0.5) is 4.79 Å². The third-order valence-corrected chi connectivity index (χ3v) is 9.29. The van der Waals surface area contributed by atoms with Gasteiger partial charge in [0.2, 0.25) is 5.60 Å². The minimum atomic E-state index is -1.87. The second-order valence-corrected chi connectivity index (χ2v) is 12.3. The van der Waals surface area contributed by atoms with Gasteiger partial charge in [0.1, 0.15) is 24.8 Å². The van der Waals surface area contributed by atoms with E-state index in [1.165, 1.54) is 13.8 Å². The molecule has 0 amide bonds. The molecule has 14 heteroatoms. The molecule has 1 unspecified atom stereocenters. The van der Waals surface area contributed by atoms with Gasteiger partial charge in [-0.15, -0.1) is 0 Å². The number of pyridine rings is 2. The summed E-state index contributed by atoms with van der Waals surface area (Å²) in [6.07, 6.45) is -3.92. The summed E-state index contributed by atoms with van der Waals surface area (Å²) in [5.74, 6) is -2.22. The average molecular weight is 678 g/mol. The van der Waals surface area contributed by atoms with Crippen LogP contribution in [0.15, 0.2) is 36.4 Å². The molecule has 5 heterocycles. The van der Waals surface area contributed by atoms with Gasteiger partial charge < -0.3 is 37.7 Å². The minimum absolute atomic E-state index is 0.0133. The first-order chi connectivity index (χ1) is 23.5. The number of aromatic nitrogens is 2. The lowest BCUT2D eigenvalue weighted by Crippen LogP contribution is -2.57. The monoisotopic (exact) mass is 677 g/mol. The summed E-state index contributed by atoms with van der Waals surface area (Å²) in [7, 11) is 0.